The van der Waals surface area contributed by atoms with Crippen molar-refractivity contribution in [2.45, 2.75) is 26.7 Å². The highest BCUT2D eigenvalue weighted by Crippen LogP contribution is 1.91. The Labute approximate surface area is 54.4 Å². The SMILES string of the molecule is CCC/C(=N\O)C(C)=O. The molecule has 0 saturated heterocycles. The van der Waals surface area contributed by atoms with Crippen molar-refractivity contribution in [1.82, 2.24) is 0 Å². The van der Waals surface area contributed by atoms with Crippen LogP contribution >= 0.6 is 0 Å². The Hall–Kier alpha value is -0.860. The molecule has 0 atom stereocenters. The van der Waals surface area contributed by atoms with E-state index in [9.17, 15) is 4.79 Å². The van der Waals surface area contributed by atoms with Gasteiger partial charge >= 0.3 is 0 Å². The first-order chi connectivity index (χ1) is 4.22. The van der Waals surface area contributed by atoms with E-state index < -0.39 is 0 Å². The molecule has 0 saturated carbocycles. The fourth-order valence-corrected chi connectivity index (χ4v) is 0.533. The zero-order valence-corrected chi connectivity index (χ0v) is 5.72. The Kier molecular flexibility index (Phi) is 3.67. The van der Waals surface area contributed by atoms with E-state index in [-0.39, 0.29) is 11.5 Å². The van der Waals surface area contributed by atoms with Crippen LogP contribution in [-0.4, -0.2) is 16.7 Å². The molecule has 0 spiro atoms. The molecule has 9 heavy (non-hydrogen) atoms. The number of Topliss-reactive ketones (excluding diaryl/α,β-unsaturated/α-hetero) is 1. The van der Waals surface area contributed by atoms with Gasteiger partial charge in [0.15, 0.2) is 5.78 Å². The van der Waals surface area contributed by atoms with E-state index in [1.165, 1.54) is 6.92 Å². The molecule has 0 unspecified atom stereocenters. The maximum atomic E-state index is 10.5. The first-order valence-electron chi connectivity index (χ1n) is 2.94. The van der Waals surface area contributed by atoms with Crippen LogP contribution in [0.1, 0.15) is 26.7 Å². The van der Waals surface area contributed by atoms with Gasteiger partial charge in [-0.3, -0.25) is 4.79 Å². The summed E-state index contributed by atoms with van der Waals surface area (Å²) < 4.78 is 0. The summed E-state index contributed by atoms with van der Waals surface area (Å²) in [7, 11) is 0. The standard InChI is InChI=1S/C6H11NO2/c1-3-4-6(7-9)5(2)8/h9H,3-4H2,1-2H3/b7-6+. The van der Waals surface area contributed by atoms with Crippen molar-refractivity contribution in [1.29, 1.82) is 0 Å². The first-order valence-corrected chi connectivity index (χ1v) is 2.94. The minimum atomic E-state index is -0.153. The highest BCUT2D eigenvalue weighted by molar-refractivity contribution is 6.38. The largest absolute Gasteiger partial charge is 0.411 e. The van der Waals surface area contributed by atoms with Crippen LogP contribution < -0.4 is 0 Å². The number of oxime groups is 1. The fourth-order valence-electron chi connectivity index (χ4n) is 0.533. The molecular weight excluding hydrogens is 118 g/mol. The van der Waals surface area contributed by atoms with Crippen molar-refractivity contribution >= 4 is 11.5 Å². The monoisotopic (exact) mass is 129 g/mol. The molecule has 0 aromatic heterocycles. The van der Waals surface area contributed by atoms with Gasteiger partial charge in [0, 0.05) is 6.92 Å². The van der Waals surface area contributed by atoms with Crippen LogP contribution in [0, 0.1) is 0 Å². The summed E-state index contributed by atoms with van der Waals surface area (Å²) in [6.45, 7) is 3.32. The normalized spacial score (nSPS) is 11.6. The highest BCUT2D eigenvalue weighted by Gasteiger charge is 2.02. The van der Waals surface area contributed by atoms with Gasteiger partial charge in [0.2, 0.25) is 0 Å². The second-order valence-electron chi connectivity index (χ2n) is 1.85. The minimum absolute atomic E-state index is 0.153. The first kappa shape index (κ1) is 8.14. The molecule has 0 heterocycles. The van der Waals surface area contributed by atoms with Gasteiger partial charge in [-0.05, 0) is 6.42 Å². The minimum Gasteiger partial charge on any atom is -0.411 e. The summed E-state index contributed by atoms with van der Waals surface area (Å²) in [5, 5.41) is 11.0. The molecule has 0 aliphatic heterocycles. The van der Waals surface area contributed by atoms with Crippen molar-refractivity contribution in [3.8, 4) is 0 Å². The van der Waals surface area contributed by atoms with Crippen molar-refractivity contribution in [3.63, 3.8) is 0 Å². The van der Waals surface area contributed by atoms with E-state index in [1.54, 1.807) is 0 Å². The average Bonchev–Trinajstić information content (AvgIpc) is 1.82. The average molecular weight is 129 g/mol. The number of carbonyl (C=O) groups excluding carboxylic acids is 1. The molecule has 0 amide bonds. The van der Waals surface area contributed by atoms with E-state index in [0.29, 0.717) is 6.42 Å². The van der Waals surface area contributed by atoms with Crippen LogP contribution in [0.5, 0.6) is 0 Å². The van der Waals surface area contributed by atoms with Gasteiger partial charge in [-0.15, -0.1) is 0 Å². The fraction of sp³-hybridized carbons (Fsp3) is 0.667. The van der Waals surface area contributed by atoms with E-state index in [4.69, 9.17) is 5.21 Å². The summed E-state index contributed by atoms with van der Waals surface area (Å²) >= 11 is 0. The Morgan fingerprint density at radius 2 is 2.22 bits per heavy atom. The molecule has 3 heteroatoms. The molecule has 0 aliphatic carbocycles. The van der Waals surface area contributed by atoms with Crippen LogP contribution in [0.3, 0.4) is 0 Å². The van der Waals surface area contributed by atoms with Gasteiger partial charge in [0.05, 0.1) is 0 Å². The lowest BCUT2D eigenvalue weighted by molar-refractivity contribution is -0.111. The zero-order chi connectivity index (χ0) is 7.28. The maximum Gasteiger partial charge on any atom is 0.177 e. The van der Waals surface area contributed by atoms with E-state index in [1.807, 2.05) is 6.92 Å². The summed E-state index contributed by atoms with van der Waals surface area (Å²) in [5.41, 5.74) is 0.262. The predicted octanol–water partition coefficient (Wildman–Crippen LogP) is 1.21. The quantitative estimate of drug-likeness (QED) is 0.353. The number of nitrogens with zero attached hydrogens (tertiary/aromatic N) is 1. The van der Waals surface area contributed by atoms with Gasteiger partial charge in [-0.2, -0.15) is 0 Å². The lowest BCUT2D eigenvalue weighted by atomic mass is 10.2. The third-order valence-corrected chi connectivity index (χ3v) is 1.01. The molecule has 1 N–H and O–H groups in total. The summed E-state index contributed by atoms with van der Waals surface area (Å²) in [5.74, 6) is -0.153. The van der Waals surface area contributed by atoms with E-state index >= 15 is 0 Å². The Bertz CT molecular complexity index is 129. The van der Waals surface area contributed by atoms with Gasteiger partial charge in [-0.25, -0.2) is 0 Å². The summed E-state index contributed by atoms with van der Waals surface area (Å²) in [6.07, 6.45) is 1.39. The lowest BCUT2D eigenvalue weighted by Gasteiger charge is -1.93. The van der Waals surface area contributed by atoms with E-state index in [0.717, 1.165) is 6.42 Å². The van der Waals surface area contributed by atoms with Crippen LogP contribution in [0.4, 0.5) is 0 Å². The van der Waals surface area contributed by atoms with Gasteiger partial charge in [0.1, 0.15) is 5.71 Å². The highest BCUT2D eigenvalue weighted by atomic mass is 16.4. The summed E-state index contributed by atoms with van der Waals surface area (Å²) in [6, 6.07) is 0. The number of rotatable bonds is 3. The summed E-state index contributed by atoms with van der Waals surface area (Å²) in [4.78, 5) is 10.5. The van der Waals surface area contributed by atoms with Crippen LogP contribution in [0.25, 0.3) is 0 Å². The number of hydrogen-bond acceptors (Lipinski definition) is 3. The zero-order valence-electron chi connectivity index (χ0n) is 5.72. The van der Waals surface area contributed by atoms with Crippen molar-refractivity contribution in [2.75, 3.05) is 0 Å². The molecule has 0 fully saturated rings. The number of carbonyl (C=O) groups is 1. The smallest absolute Gasteiger partial charge is 0.177 e. The molecule has 0 aromatic carbocycles. The predicted molar refractivity (Wildman–Crippen MR) is 34.8 cm³/mol. The van der Waals surface area contributed by atoms with Crippen molar-refractivity contribution in [3.05, 3.63) is 0 Å². The molecule has 52 valence electrons. The third kappa shape index (κ3) is 2.85. The lowest BCUT2D eigenvalue weighted by Crippen LogP contribution is -2.08. The Morgan fingerprint density at radius 3 is 2.33 bits per heavy atom. The van der Waals surface area contributed by atoms with Crippen LogP contribution in [-0.2, 0) is 4.79 Å². The van der Waals surface area contributed by atoms with Crippen molar-refractivity contribution in [2.24, 2.45) is 5.16 Å². The number of ketones is 1. The molecular formula is C6H11NO2. The van der Waals surface area contributed by atoms with Gasteiger partial charge in [0.25, 0.3) is 0 Å². The molecule has 0 rings (SSSR count). The molecule has 0 aromatic rings. The topological polar surface area (TPSA) is 49.7 Å². The van der Waals surface area contributed by atoms with Gasteiger partial charge < -0.3 is 5.21 Å². The molecule has 3 nitrogen and oxygen atoms in total. The second-order valence-corrected chi connectivity index (χ2v) is 1.85. The number of hydrogen-bond donors (Lipinski definition) is 1. The van der Waals surface area contributed by atoms with Crippen LogP contribution in [0.2, 0.25) is 0 Å². The molecule has 0 radical (unpaired) electrons. The molecule has 0 aliphatic rings. The maximum absolute atomic E-state index is 10.5. The van der Waals surface area contributed by atoms with E-state index in [2.05, 4.69) is 5.16 Å². The van der Waals surface area contributed by atoms with Crippen LogP contribution in [0.15, 0.2) is 5.16 Å². The van der Waals surface area contributed by atoms with Crippen molar-refractivity contribution < 1.29 is 10.0 Å². The van der Waals surface area contributed by atoms with Gasteiger partial charge in [-0.1, -0.05) is 18.5 Å². The second kappa shape index (κ2) is 4.06. The third-order valence-electron chi connectivity index (χ3n) is 1.01. The Morgan fingerprint density at radius 1 is 1.67 bits per heavy atom. The Balaban J connectivity index is 3.85. The molecule has 0 bridgehead atoms.